The minimum absolute atomic E-state index is 0.229. The molecule has 2 aromatic rings. The molecule has 0 saturated heterocycles. The number of anilines is 1. The lowest BCUT2D eigenvalue weighted by atomic mass is 10.2. The number of nitrogen functional groups attached to an aromatic ring is 1. The van der Waals surface area contributed by atoms with Crippen molar-refractivity contribution in [2.45, 2.75) is 23.4 Å². The lowest BCUT2D eigenvalue weighted by Gasteiger charge is -2.07. The predicted molar refractivity (Wildman–Crippen MR) is 83.9 cm³/mol. The molecule has 0 amide bonds. The number of thiazole rings is 1. The second kappa shape index (κ2) is 6.76. The highest BCUT2D eigenvalue weighted by Gasteiger charge is 2.19. The van der Waals surface area contributed by atoms with Crippen LogP contribution in [0.1, 0.15) is 13.8 Å². The van der Waals surface area contributed by atoms with Crippen LogP contribution in [0.2, 0.25) is 0 Å². The van der Waals surface area contributed by atoms with E-state index in [2.05, 4.69) is 4.98 Å². The number of carbonyl (C=O) groups is 1. The molecule has 0 spiro atoms. The highest BCUT2D eigenvalue weighted by Crippen LogP contribution is 2.36. The van der Waals surface area contributed by atoms with E-state index in [4.69, 9.17) is 10.5 Å². The summed E-state index contributed by atoms with van der Waals surface area (Å²) in [6, 6.07) is 9.78. The summed E-state index contributed by atoms with van der Waals surface area (Å²) in [5.41, 5.74) is 7.77. The Morgan fingerprint density at radius 3 is 2.80 bits per heavy atom. The van der Waals surface area contributed by atoms with Crippen molar-refractivity contribution in [3.05, 3.63) is 30.3 Å². The average molecular weight is 308 g/mol. The molecule has 1 unspecified atom stereocenters. The van der Waals surface area contributed by atoms with Crippen molar-refractivity contribution in [3.63, 3.8) is 0 Å². The van der Waals surface area contributed by atoms with E-state index in [0.717, 1.165) is 15.6 Å². The first-order chi connectivity index (χ1) is 9.61. The molecule has 0 aliphatic carbocycles. The molecule has 4 nitrogen and oxygen atoms in total. The van der Waals surface area contributed by atoms with E-state index in [1.165, 1.54) is 23.1 Å². The summed E-state index contributed by atoms with van der Waals surface area (Å²) in [7, 11) is 0. The Morgan fingerprint density at radius 2 is 2.15 bits per heavy atom. The molecule has 2 rings (SSSR count). The van der Waals surface area contributed by atoms with E-state index < -0.39 is 0 Å². The van der Waals surface area contributed by atoms with Crippen LogP contribution in [0.3, 0.4) is 0 Å². The van der Waals surface area contributed by atoms with Crippen LogP contribution in [0.25, 0.3) is 11.3 Å². The summed E-state index contributed by atoms with van der Waals surface area (Å²) in [4.78, 5) is 16.1. The smallest absolute Gasteiger partial charge is 0.319 e. The van der Waals surface area contributed by atoms with Crippen molar-refractivity contribution < 1.29 is 9.53 Å². The van der Waals surface area contributed by atoms with Crippen LogP contribution in [0.15, 0.2) is 34.7 Å². The normalized spacial score (nSPS) is 12.1. The summed E-state index contributed by atoms with van der Waals surface area (Å²) in [5, 5.41) is 0.374. The molecule has 2 N–H and O–H groups in total. The standard InChI is InChI=1S/C14H16N2O2S2/c1-3-18-13(17)9(2)19-14-16-11(12(15)20-14)10-7-5-4-6-8-10/h4-9H,3,15H2,1-2H3. The number of esters is 1. The predicted octanol–water partition coefficient (Wildman–Crippen LogP) is 3.44. The van der Waals surface area contributed by atoms with Gasteiger partial charge in [-0.05, 0) is 13.8 Å². The largest absolute Gasteiger partial charge is 0.465 e. The number of carbonyl (C=O) groups excluding carboxylic acids is 1. The van der Waals surface area contributed by atoms with E-state index in [0.29, 0.717) is 11.6 Å². The molecule has 0 radical (unpaired) electrons. The highest BCUT2D eigenvalue weighted by molar-refractivity contribution is 8.02. The number of nitrogens with two attached hydrogens (primary N) is 1. The van der Waals surface area contributed by atoms with Gasteiger partial charge < -0.3 is 10.5 Å². The van der Waals surface area contributed by atoms with Gasteiger partial charge in [-0.3, -0.25) is 4.79 Å². The third-order valence-electron chi connectivity index (χ3n) is 2.58. The first-order valence-corrected chi connectivity index (χ1v) is 7.96. The van der Waals surface area contributed by atoms with Gasteiger partial charge in [0, 0.05) is 5.56 Å². The Balaban J connectivity index is 2.14. The van der Waals surface area contributed by atoms with E-state index in [1.807, 2.05) is 37.3 Å². The molecule has 20 heavy (non-hydrogen) atoms. The SMILES string of the molecule is CCOC(=O)C(C)Sc1nc(-c2ccccc2)c(N)s1. The summed E-state index contributed by atoms with van der Waals surface area (Å²) < 4.78 is 5.76. The van der Waals surface area contributed by atoms with Gasteiger partial charge >= 0.3 is 5.97 Å². The van der Waals surface area contributed by atoms with Gasteiger partial charge in [-0.25, -0.2) is 4.98 Å². The van der Waals surface area contributed by atoms with Gasteiger partial charge in [0.15, 0.2) is 4.34 Å². The van der Waals surface area contributed by atoms with Gasteiger partial charge in [-0.15, -0.1) is 0 Å². The topological polar surface area (TPSA) is 65.2 Å². The summed E-state index contributed by atoms with van der Waals surface area (Å²) in [5.74, 6) is -0.229. The van der Waals surface area contributed by atoms with Crippen molar-refractivity contribution in [1.82, 2.24) is 4.98 Å². The maximum Gasteiger partial charge on any atom is 0.319 e. The zero-order chi connectivity index (χ0) is 14.5. The second-order valence-electron chi connectivity index (χ2n) is 4.07. The van der Waals surface area contributed by atoms with Gasteiger partial charge in [0.25, 0.3) is 0 Å². The van der Waals surface area contributed by atoms with Crippen molar-refractivity contribution in [1.29, 1.82) is 0 Å². The summed E-state index contributed by atoms with van der Waals surface area (Å²) >= 11 is 2.77. The summed E-state index contributed by atoms with van der Waals surface area (Å²) in [6.45, 7) is 3.99. The third-order valence-corrected chi connectivity index (χ3v) is 4.63. The quantitative estimate of drug-likeness (QED) is 0.677. The molecule has 0 bridgehead atoms. The third kappa shape index (κ3) is 3.52. The number of aromatic nitrogens is 1. The molecule has 1 aromatic heterocycles. The second-order valence-corrected chi connectivity index (χ2v) is 6.69. The Kier molecular flexibility index (Phi) is 5.03. The van der Waals surface area contributed by atoms with Crippen LogP contribution in [-0.2, 0) is 9.53 Å². The molecule has 1 atom stereocenters. The Hall–Kier alpha value is -1.53. The van der Waals surface area contributed by atoms with E-state index in [9.17, 15) is 4.79 Å². The number of ether oxygens (including phenoxy) is 1. The van der Waals surface area contributed by atoms with Gasteiger partial charge in [0.2, 0.25) is 0 Å². The van der Waals surface area contributed by atoms with Crippen LogP contribution < -0.4 is 5.73 Å². The first-order valence-electron chi connectivity index (χ1n) is 6.26. The first kappa shape index (κ1) is 14.9. The van der Waals surface area contributed by atoms with Gasteiger partial charge in [-0.1, -0.05) is 53.4 Å². The minimum atomic E-state index is -0.288. The van der Waals surface area contributed by atoms with Crippen molar-refractivity contribution >= 4 is 34.1 Å². The van der Waals surface area contributed by atoms with Gasteiger partial charge in [-0.2, -0.15) is 0 Å². The van der Waals surface area contributed by atoms with E-state index in [1.54, 1.807) is 6.92 Å². The zero-order valence-corrected chi connectivity index (χ0v) is 13.0. The number of hydrogen-bond donors (Lipinski definition) is 1. The lowest BCUT2D eigenvalue weighted by Crippen LogP contribution is -2.16. The molecule has 1 aromatic carbocycles. The lowest BCUT2D eigenvalue weighted by molar-refractivity contribution is -0.142. The Labute approximate surface area is 126 Å². The maximum atomic E-state index is 11.6. The van der Waals surface area contributed by atoms with Gasteiger partial charge in [0.05, 0.1) is 6.61 Å². The number of thioether (sulfide) groups is 1. The van der Waals surface area contributed by atoms with Crippen LogP contribution in [0.4, 0.5) is 5.00 Å². The molecule has 6 heteroatoms. The molecule has 0 aliphatic rings. The number of rotatable bonds is 5. The van der Waals surface area contributed by atoms with Crippen LogP contribution in [-0.4, -0.2) is 22.8 Å². The molecule has 0 fully saturated rings. The van der Waals surface area contributed by atoms with Crippen molar-refractivity contribution in [3.8, 4) is 11.3 Å². The number of nitrogens with zero attached hydrogens (tertiary/aromatic N) is 1. The fourth-order valence-electron chi connectivity index (χ4n) is 1.62. The molecule has 1 heterocycles. The summed E-state index contributed by atoms with van der Waals surface area (Å²) in [6.07, 6.45) is 0. The van der Waals surface area contributed by atoms with Crippen molar-refractivity contribution in [2.24, 2.45) is 0 Å². The highest BCUT2D eigenvalue weighted by atomic mass is 32.2. The van der Waals surface area contributed by atoms with E-state index >= 15 is 0 Å². The van der Waals surface area contributed by atoms with Crippen LogP contribution in [0, 0.1) is 0 Å². The molecular formula is C14H16N2O2S2. The molecule has 106 valence electrons. The van der Waals surface area contributed by atoms with E-state index in [-0.39, 0.29) is 11.2 Å². The van der Waals surface area contributed by atoms with Crippen molar-refractivity contribution in [2.75, 3.05) is 12.3 Å². The minimum Gasteiger partial charge on any atom is -0.465 e. The zero-order valence-electron chi connectivity index (χ0n) is 11.3. The number of benzene rings is 1. The van der Waals surface area contributed by atoms with Crippen LogP contribution >= 0.6 is 23.1 Å². The molecule has 0 saturated carbocycles. The number of hydrogen-bond acceptors (Lipinski definition) is 6. The van der Waals surface area contributed by atoms with Crippen LogP contribution in [0.5, 0.6) is 0 Å². The Morgan fingerprint density at radius 1 is 1.45 bits per heavy atom. The molecular weight excluding hydrogens is 292 g/mol. The monoisotopic (exact) mass is 308 g/mol. The Bertz CT molecular complexity index is 584. The fourth-order valence-corrected chi connectivity index (χ4v) is 3.71. The maximum absolute atomic E-state index is 11.6. The molecule has 0 aliphatic heterocycles. The fraction of sp³-hybridized carbons (Fsp3) is 0.286. The van der Waals surface area contributed by atoms with Gasteiger partial charge in [0.1, 0.15) is 15.9 Å². The average Bonchev–Trinajstić information content (AvgIpc) is 2.80.